The maximum Gasteiger partial charge on any atom is 0.265 e. The average Bonchev–Trinajstić information content (AvgIpc) is 2.75. The average molecular weight is 345 g/mol. The van der Waals surface area contributed by atoms with E-state index in [4.69, 9.17) is 0 Å². The van der Waals surface area contributed by atoms with E-state index in [0.717, 1.165) is 66.1 Å². The number of thiazole rings is 1. The lowest BCUT2D eigenvalue weighted by Gasteiger charge is -2.21. The first-order chi connectivity index (χ1) is 11.5. The summed E-state index contributed by atoms with van der Waals surface area (Å²) < 4.78 is 0. The van der Waals surface area contributed by atoms with Gasteiger partial charge in [0.25, 0.3) is 5.91 Å². The molecule has 0 spiro atoms. The Morgan fingerprint density at radius 1 is 1.12 bits per heavy atom. The number of aryl methyl sites for hydroxylation is 3. The van der Waals surface area contributed by atoms with Crippen molar-refractivity contribution in [2.45, 2.75) is 33.7 Å². The van der Waals surface area contributed by atoms with E-state index >= 15 is 0 Å². The highest BCUT2D eigenvalue weighted by molar-refractivity contribution is 7.13. The Kier molecular flexibility index (Phi) is 5.20. The van der Waals surface area contributed by atoms with Crippen molar-refractivity contribution in [1.82, 2.24) is 24.8 Å². The van der Waals surface area contributed by atoms with Crippen LogP contribution in [-0.4, -0.2) is 56.8 Å². The molecule has 0 N–H and O–H groups in total. The third-order valence-electron chi connectivity index (χ3n) is 4.19. The lowest BCUT2D eigenvalue weighted by atomic mass is 10.3. The third-order valence-corrected chi connectivity index (χ3v) is 5.25. The molecule has 1 saturated heterocycles. The Hall–Kier alpha value is -1.86. The van der Waals surface area contributed by atoms with E-state index in [-0.39, 0.29) is 5.91 Å². The maximum absolute atomic E-state index is 12.7. The Bertz CT molecular complexity index is 712. The molecule has 1 aliphatic heterocycles. The number of hydrogen-bond donors (Lipinski definition) is 0. The van der Waals surface area contributed by atoms with Crippen molar-refractivity contribution in [3.63, 3.8) is 0 Å². The second-order valence-corrected chi connectivity index (χ2v) is 7.42. The van der Waals surface area contributed by atoms with Crippen LogP contribution in [0.2, 0.25) is 0 Å². The predicted molar refractivity (Wildman–Crippen MR) is 94.2 cm³/mol. The monoisotopic (exact) mass is 345 g/mol. The van der Waals surface area contributed by atoms with Gasteiger partial charge in [-0.25, -0.2) is 4.98 Å². The summed E-state index contributed by atoms with van der Waals surface area (Å²) in [7, 11) is 0. The van der Waals surface area contributed by atoms with Crippen LogP contribution >= 0.6 is 11.3 Å². The summed E-state index contributed by atoms with van der Waals surface area (Å²) in [5, 5.41) is 0.949. The van der Waals surface area contributed by atoms with Crippen LogP contribution in [0.1, 0.15) is 38.2 Å². The third kappa shape index (κ3) is 3.96. The molecule has 0 atom stereocenters. The lowest BCUT2D eigenvalue weighted by Crippen LogP contribution is -2.35. The van der Waals surface area contributed by atoms with E-state index in [1.807, 2.05) is 31.9 Å². The molecule has 1 fully saturated rings. The van der Waals surface area contributed by atoms with E-state index < -0.39 is 0 Å². The normalized spacial score (nSPS) is 16.2. The molecule has 2 aromatic heterocycles. The molecule has 2 aromatic rings. The molecule has 1 amide bonds. The molecular formula is C17H23N5OS. The van der Waals surface area contributed by atoms with Crippen LogP contribution in [0.5, 0.6) is 0 Å². The van der Waals surface area contributed by atoms with Gasteiger partial charge in [0, 0.05) is 45.1 Å². The first kappa shape index (κ1) is 17.0. The molecule has 3 heterocycles. The molecule has 0 saturated carbocycles. The molecule has 0 unspecified atom stereocenters. The van der Waals surface area contributed by atoms with Crippen LogP contribution in [0.4, 0.5) is 0 Å². The van der Waals surface area contributed by atoms with Crippen molar-refractivity contribution in [2.24, 2.45) is 0 Å². The van der Waals surface area contributed by atoms with E-state index in [9.17, 15) is 4.79 Å². The topological polar surface area (TPSA) is 62.2 Å². The summed E-state index contributed by atoms with van der Waals surface area (Å²) in [5.41, 5.74) is 2.76. The Morgan fingerprint density at radius 2 is 1.96 bits per heavy atom. The van der Waals surface area contributed by atoms with Crippen LogP contribution in [0, 0.1) is 20.8 Å². The van der Waals surface area contributed by atoms with Crippen molar-refractivity contribution < 1.29 is 4.79 Å². The maximum atomic E-state index is 12.7. The van der Waals surface area contributed by atoms with Gasteiger partial charge in [-0.1, -0.05) is 0 Å². The highest BCUT2D eigenvalue weighted by atomic mass is 32.1. The van der Waals surface area contributed by atoms with Crippen LogP contribution in [-0.2, 0) is 6.54 Å². The molecule has 0 aliphatic carbocycles. The first-order valence-electron chi connectivity index (χ1n) is 8.26. The highest BCUT2D eigenvalue weighted by Crippen LogP contribution is 2.20. The molecule has 0 radical (unpaired) electrons. The molecular weight excluding hydrogens is 322 g/mol. The van der Waals surface area contributed by atoms with E-state index in [2.05, 4.69) is 19.9 Å². The van der Waals surface area contributed by atoms with Crippen molar-refractivity contribution >= 4 is 17.2 Å². The van der Waals surface area contributed by atoms with Crippen LogP contribution < -0.4 is 0 Å². The van der Waals surface area contributed by atoms with Crippen LogP contribution in [0.25, 0.3) is 0 Å². The summed E-state index contributed by atoms with van der Waals surface area (Å²) in [6, 6.07) is 0. The number of aromatic nitrogens is 3. The quantitative estimate of drug-likeness (QED) is 0.853. The second kappa shape index (κ2) is 7.36. The summed E-state index contributed by atoms with van der Waals surface area (Å²) >= 11 is 1.49. The number of hydrogen-bond acceptors (Lipinski definition) is 6. The lowest BCUT2D eigenvalue weighted by molar-refractivity contribution is 0.0765. The van der Waals surface area contributed by atoms with Gasteiger partial charge in [0.2, 0.25) is 0 Å². The van der Waals surface area contributed by atoms with Gasteiger partial charge in [-0.3, -0.25) is 19.7 Å². The summed E-state index contributed by atoms with van der Waals surface area (Å²) in [6.45, 7) is 9.96. The van der Waals surface area contributed by atoms with E-state index in [1.165, 1.54) is 11.3 Å². The zero-order valence-corrected chi connectivity index (χ0v) is 15.3. The highest BCUT2D eigenvalue weighted by Gasteiger charge is 2.23. The van der Waals surface area contributed by atoms with E-state index in [0.29, 0.717) is 0 Å². The molecule has 128 valence electrons. The number of amides is 1. The predicted octanol–water partition coefficient (Wildman–Crippen LogP) is 2.21. The fraction of sp³-hybridized carbons (Fsp3) is 0.529. The largest absolute Gasteiger partial charge is 0.337 e. The standard InChI is InChI=1S/C17H23N5OS/c1-12-9-19-15(10-18-12)11-21-5-4-6-22(8-7-21)17(23)16-13(2)20-14(3)24-16/h9-10H,4-8,11H2,1-3H3. The zero-order valence-electron chi connectivity index (χ0n) is 14.4. The Morgan fingerprint density at radius 3 is 2.62 bits per heavy atom. The van der Waals surface area contributed by atoms with Gasteiger partial charge < -0.3 is 4.90 Å². The van der Waals surface area contributed by atoms with Gasteiger partial charge >= 0.3 is 0 Å². The number of nitrogens with zero attached hydrogens (tertiary/aromatic N) is 5. The minimum Gasteiger partial charge on any atom is -0.337 e. The molecule has 3 rings (SSSR count). The van der Waals surface area contributed by atoms with Gasteiger partial charge in [-0.05, 0) is 27.2 Å². The summed E-state index contributed by atoms with van der Waals surface area (Å²) in [6.07, 6.45) is 4.62. The summed E-state index contributed by atoms with van der Waals surface area (Å²) in [5.74, 6) is 0.120. The smallest absolute Gasteiger partial charge is 0.265 e. The SMILES string of the molecule is Cc1cnc(CN2CCCN(C(=O)c3sc(C)nc3C)CC2)cn1. The van der Waals surface area contributed by atoms with Crippen molar-refractivity contribution in [3.05, 3.63) is 39.4 Å². The number of rotatable bonds is 3. The molecule has 0 bridgehead atoms. The molecule has 7 heteroatoms. The van der Waals surface area contributed by atoms with Crippen LogP contribution in [0.3, 0.4) is 0 Å². The minimum atomic E-state index is 0.120. The fourth-order valence-electron chi connectivity index (χ4n) is 2.94. The Balaban J connectivity index is 1.61. The minimum absolute atomic E-state index is 0.120. The van der Waals surface area contributed by atoms with Crippen LogP contribution in [0.15, 0.2) is 12.4 Å². The molecule has 6 nitrogen and oxygen atoms in total. The molecule has 24 heavy (non-hydrogen) atoms. The Labute approximate surface area is 146 Å². The van der Waals surface area contributed by atoms with Crippen molar-refractivity contribution in [1.29, 1.82) is 0 Å². The molecule has 0 aromatic carbocycles. The van der Waals surface area contributed by atoms with Gasteiger partial charge in [-0.2, -0.15) is 0 Å². The fourth-order valence-corrected chi connectivity index (χ4v) is 3.82. The van der Waals surface area contributed by atoms with Crippen molar-refractivity contribution in [2.75, 3.05) is 26.2 Å². The first-order valence-corrected chi connectivity index (χ1v) is 9.08. The van der Waals surface area contributed by atoms with Gasteiger partial charge in [-0.15, -0.1) is 11.3 Å². The molecule has 1 aliphatic rings. The van der Waals surface area contributed by atoms with Gasteiger partial charge in [0.1, 0.15) is 4.88 Å². The second-order valence-electron chi connectivity index (χ2n) is 6.22. The van der Waals surface area contributed by atoms with Gasteiger partial charge in [0.05, 0.1) is 22.1 Å². The van der Waals surface area contributed by atoms with E-state index in [1.54, 1.807) is 6.20 Å². The van der Waals surface area contributed by atoms with Crippen molar-refractivity contribution in [3.8, 4) is 0 Å². The summed E-state index contributed by atoms with van der Waals surface area (Å²) in [4.78, 5) is 30.9. The number of carbonyl (C=O) groups excluding carboxylic acids is 1. The number of carbonyl (C=O) groups is 1. The zero-order chi connectivity index (χ0) is 17.1. The van der Waals surface area contributed by atoms with Gasteiger partial charge in [0.15, 0.2) is 0 Å².